The highest BCUT2D eigenvalue weighted by atomic mass is 16.4. The lowest BCUT2D eigenvalue weighted by Crippen LogP contribution is -2.80. The van der Waals surface area contributed by atoms with Crippen molar-refractivity contribution < 1.29 is 54.0 Å². The molecule has 0 bridgehead atoms. The van der Waals surface area contributed by atoms with Crippen LogP contribution in [-0.2, 0) is 35.3 Å². The highest BCUT2D eigenvalue weighted by molar-refractivity contribution is 5.88. The van der Waals surface area contributed by atoms with Crippen molar-refractivity contribution in [3.8, 4) is 0 Å². The number of carboxylic acid groups (broad SMARTS) is 4. The van der Waals surface area contributed by atoms with Crippen molar-refractivity contribution in [3.05, 3.63) is 18.2 Å². The van der Waals surface area contributed by atoms with Gasteiger partial charge in [0, 0.05) is 29.9 Å². The van der Waals surface area contributed by atoms with Crippen LogP contribution in [0.25, 0.3) is 0 Å². The Morgan fingerprint density at radius 1 is 0.608 bits per heavy atom. The summed E-state index contributed by atoms with van der Waals surface area (Å²) >= 11 is 0. The van der Waals surface area contributed by atoms with Gasteiger partial charge in [0.1, 0.15) is 26.2 Å². The lowest BCUT2D eigenvalue weighted by atomic mass is 9.36. The Kier molecular flexibility index (Phi) is 13.9. The number of aliphatic carboxylic acids is 4. The minimum absolute atomic E-state index is 0.101. The molecule has 1 aromatic rings. The molecule has 0 aromatic carbocycles. The van der Waals surface area contributed by atoms with Crippen LogP contribution < -0.4 is 0 Å². The predicted molar refractivity (Wildman–Crippen MR) is 186 cm³/mol. The van der Waals surface area contributed by atoms with Crippen LogP contribution in [0.2, 0.25) is 0 Å². The van der Waals surface area contributed by atoms with Crippen molar-refractivity contribution >= 4 is 42.0 Å². The van der Waals surface area contributed by atoms with Gasteiger partial charge in [-0.2, -0.15) is 0 Å². The van der Waals surface area contributed by atoms with Gasteiger partial charge in [-0.05, 0) is 21.7 Å². The van der Waals surface area contributed by atoms with Gasteiger partial charge in [0.05, 0.1) is 13.1 Å². The van der Waals surface area contributed by atoms with E-state index in [-0.39, 0.29) is 12.4 Å². The van der Waals surface area contributed by atoms with Crippen molar-refractivity contribution in [3.63, 3.8) is 0 Å². The Labute approximate surface area is 299 Å². The third-order valence-corrected chi connectivity index (χ3v) is 9.75. The number of carboxylic acids is 4. The fraction of sp³-hybridized carbons (Fsp3) is 0.714. The van der Waals surface area contributed by atoms with E-state index >= 15 is 0 Å². The standard InChI is InChI=1S/C35H57N5O11/c1-30(2,3)34(31(4,5)6,22-37-14-13-36-23(37)21-41)35(32(7,8)9,33(10,11)12)40(15-24(42)38(17-26(44)45)18-27(46)47)16-25(43)39(19-28(48)49)20-29(50)51/h13-14,21H,15-20,22H2,1-12H3,(H,44,45)(H,46,47)(H,48,49)(H,50,51). The van der Waals surface area contributed by atoms with Crippen LogP contribution in [0.3, 0.4) is 0 Å². The van der Waals surface area contributed by atoms with Gasteiger partial charge in [-0.1, -0.05) is 83.1 Å². The Hall–Kier alpha value is -4.34. The molecule has 0 spiro atoms. The van der Waals surface area contributed by atoms with Gasteiger partial charge >= 0.3 is 23.9 Å². The molecule has 0 atom stereocenters. The summed E-state index contributed by atoms with van der Waals surface area (Å²) < 4.78 is 1.69. The molecule has 16 nitrogen and oxygen atoms in total. The third-order valence-electron chi connectivity index (χ3n) is 9.75. The maximum atomic E-state index is 14.3. The zero-order chi connectivity index (χ0) is 40.1. The van der Waals surface area contributed by atoms with E-state index in [1.165, 1.54) is 6.20 Å². The number of nitrogens with zero attached hydrogens (tertiary/aromatic N) is 5. The van der Waals surface area contributed by atoms with Crippen LogP contribution in [0.15, 0.2) is 12.4 Å². The highest BCUT2D eigenvalue weighted by Crippen LogP contribution is 2.70. The maximum absolute atomic E-state index is 14.3. The van der Waals surface area contributed by atoms with E-state index in [0.717, 1.165) is 0 Å². The first kappa shape index (κ1) is 44.7. The van der Waals surface area contributed by atoms with E-state index in [0.29, 0.717) is 16.1 Å². The van der Waals surface area contributed by atoms with E-state index in [4.69, 9.17) is 0 Å². The predicted octanol–water partition coefficient (Wildman–Crippen LogP) is 2.90. The quantitative estimate of drug-likeness (QED) is 0.170. The Morgan fingerprint density at radius 3 is 1.20 bits per heavy atom. The van der Waals surface area contributed by atoms with Gasteiger partial charge in [-0.25, -0.2) is 4.98 Å². The third kappa shape index (κ3) is 9.51. The Bertz CT molecular complexity index is 1360. The largest absolute Gasteiger partial charge is 0.480 e. The molecule has 1 rings (SSSR count). The molecular weight excluding hydrogens is 666 g/mol. The first-order valence-corrected chi connectivity index (χ1v) is 16.5. The molecule has 1 heterocycles. The average molecular weight is 724 g/mol. The first-order chi connectivity index (χ1) is 22.9. The van der Waals surface area contributed by atoms with E-state index < -0.39 is 108 Å². The second kappa shape index (κ2) is 15.9. The lowest BCUT2D eigenvalue weighted by molar-refractivity contribution is -0.257. The number of hydrogen-bond acceptors (Lipinski definition) is 9. The molecule has 0 fully saturated rings. The molecule has 2 amide bonds. The topological polar surface area (TPSA) is 228 Å². The molecule has 0 aliphatic rings. The van der Waals surface area contributed by atoms with Gasteiger partial charge in [0.2, 0.25) is 11.8 Å². The molecule has 1 aromatic heterocycles. The highest BCUT2D eigenvalue weighted by Gasteiger charge is 2.73. The molecule has 0 saturated heterocycles. The Balaban J connectivity index is 4.64. The minimum atomic E-state index is -1.47. The summed E-state index contributed by atoms with van der Waals surface area (Å²) in [6.45, 7) is 18.3. The maximum Gasteiger partial charge on any atom is 0.323 e. The summed E-state index contributed by atoms with van der Waals surface area (Å²) in [5.41, 5.74) is -5.94. The van der Waals surface area contributed by atoms with E-state index in [1.807, 2.05) is 83.1 Å². The van der Waals surface area contributed by atoms with Crippen LogP contribution in [0.4, 0.5) is 0 Å². The van der Waals surface area contributed by atoms with Crippen molar-refractivity contribution in [1.29, 1.82) is 0 Å². The van der Waals surface area contributed by atoms with Crippen molar-refractivity contribution in [2.24, 2.45) is 27.1 Å². The lowest BCUT2D eigenvalue weighted by Gasteiger charge is -2.75. The molecule has 0 saturated carbocycles. The molecule has 0 radical (unpaired) electrons. The summed E-state index contributed by atoms with van der Waals surface area (Å²) in [7, 11) is 0. The number of imidazole rings is 1. The van der Waals surface area contributed by atoms with Crippen molar-refractivity contribution in [2.45, 2.75) is 95.2 Å². The normalized spacial score (nSPS) is 13.1. The molecule has 288 valence electrons. The summed E-state index contributed by atoms with van der Waals surface area (Å²) in [4.78, 5) is 95.1. The molecule has 0 aliphatic carbocycles. The smallest absolute Gasteiger partial charge is 0.323 e. The summed E-state index contributed by atoms with van der Waals surface area (Å²) in [6, 6.07) is 0. The monoisotopic (exact) mass is 723 g/mol. The van der Waals surface area contributed by atoms with Crippen molar-refractivity contribution in [2.75, 3.05) is 39.3 Å². The SMILES string of the molecule is CC(C)(C)C(Cn1ccnc1C=O)(C(C)(C)C)C(N(CC(=O)N(CC(=O)O)CC(=O)O)CC(=O)N(CC(=O)O)CC(=O)O)(C(C)(C)C)C(C)(C)C. The summed E-state index contributed by atoms with van der Waals surface area (Å²) in [5.74, 6) is -7.66. The van der Waals surface area contributed by atoms with Crippen LogP contribution >= 0.6 is 0 Å². The number of hydrogen-bond donors (Lipinski definition) is 4. The van der Waals surface area contributed by atoms with Crippen LogP contribution in [-0.4, -0.2) is 131 Å². The fourth-order valence-corrected chi connectivity index (χ4v) is 9.19. The molecule has 51 heavy (non-hydrogen) atoms. The van der Waals surface area contributed by atoms with Gasteiger partial charge in [-0.3, -0.25) is 38.5 Å². The second-order valence-corrected chi connectivity index (χ2v) is 17.1. The summed E-state index contributed by atoms with van der Waals surface area (Å²) in [6.07, 6.45) is 3.74. The number of carbonyl (C=O) groups excluding carboxylic acids is 3. The van der Waals surface area contributed by atoms with Crippen LogP contribution in [0.1, 0.15) is 93.7 Å². The zero-order valence-corrected chi connectivity index (χ0v) is 32.1. The van der Waals surface area contributed by atoms with Gasteiger partial charge in [0.25, 0.3) is 0 Å². The van der Waals surface area contributed by atoms with Gasteiger partial charge in [-0.15, -0.1) is 0 Å². The van der Waals surface area contributed by atoms with E-state index in [1.54, 1.807) is 15.7 Å². The molecule has 0 unspecified atom stereocenters. The second-order valence-electron chi connectivity index (χ2n) is 17.1. The minimum Gasteiger partial charge on any atom is -0.480 e. The van der Waals surface area contributed by atoms with Crippen LogP contribution in [0.5, 0.6) is 0 Å². The van der Waals surface area contributed by atoms with Crippen molar-refractivity contribution in [1.82, 2.24) is 24.3 Å². The molecular formula is C35H57N5O11. The number of aromatic nitrogens is 2. The van der Waals surface area contributed by atoms with E-state index in [2.05, 4.69) is 4.98 Å². The van der Waals surface area contributed by atoms with Crippen LogP contribution in [0, 0.1) is 27.1 Å². The number of aldehydes is 1. The Morgan fingerprint density at radius 2 is 0.941 bits per heavy atom. The van der Waals surface area contributed by atoms with Gasteiger partial charge < -0.3 is 34.8 Å². The number of rotatable bonds is 17. The van der Waals surface area contributed by atoms with Gasteiger partial charge in [0.15, 0.2) is 12.1 Å². The zero-order valence-electron chi connectivity index (χ0n) is 32.1. The van der Waals surface area contributed by atoms with E-state index in [9.17, 15) is 54.0 Å². The molecule has 16 heteroatoms. The fourth-order valence-electron chi connectivity index (χ4n) is 9.19. The summed E-state index contributed by atoms with van der Waals surface area (Å²) in [5, 5.41) is 38.4. The number of carbonyl (C=O) groups is 7. The average Bonchev–Trinajstić information content (AvgIpc) is 3.35. The number of amides is 2. The molecule has 0 aliphatic heterocycles. The molecule has 4 N–H and O–H groups in total. The first-order valence-electron chi connectivity index (χ1n) is 16.5.